The Bertz CT molecular complexity index is 1030. The van der Waals surface area contributed by atoms with Gasteiger partial charge >= 0.3 is 5.92 Å². The molecule has 0 aliphatic rings. The van der Waals surface area contributed by atoms with Crippen LogP contribution < -0.4 is 0 Å². The van der Waals surface area contributed by atoms with Gasteiger partial charge in [-0.1, -0.05) is 18.2 Å². The second-order valence-corrected chi connectivity index (χ2v) is 6.60. The van der Waals surface area contributed by atoms with Crippen LogP contribution in [-0.2, 0) is 22.8 Å². The smallest absolute Gasteiger partial charge is 0.323 e. The second-order valence-electron chi connectivity index (χ2n) is 6.60. The quantitative estimate of drug-likeness (QED) is 0.409. The van der Waals surface area contributed by atoms with Crippen LogP contribution in [0.2, 0.25) is 0 Å². The summed E-state index contributed by atoms with van der Waals surface area (Å²) in [6.45, 7) is 1.82. The molecule has 1 atom stereocenters. The van der Waals surface area contributed by atoms with E-state index in [-0.39, 0.29) is 0 Å². The van der Waals surface area contributed by atoms with Gasteiger partial charge in [0.25, 0.3) is 0 Å². The fourth-order valence-corrected chi connectivity index (χ4v) is 2.94. The van der Waals surface area contributed by atoms with E-state index >= 15 is 8.78 Å². The Hall–Kier alpha value is -3.18. The van der Waals surface area contributed by atoms with Crippen molar-refractivity contribution in [2.75, 3.05) is 13.2 Å². The van der Waals surface area contributed by atoms with Gasteiger partial charge in [0.05, 0.1) is 13.2 Å². The third kappa shape index (κ3) is 4.78. The third-order valence-electron chi connectivity index (χ3n) is 4.51. The standard InChI is InChI=1S/C20H19F4N5O2/c1-2-31-9-3-4-14-5-8-18(25-11-14)20(23,24)19(30,12-29-13-26-27-28-29)16-7-6-15(21)10-17(16)22/h3-8,10-11,13,30H,2,9,12H2,1H3/b4-3+. The summed E-state index contributed by atoms with van der Waals surface area (Å²) in [5, 5.41) is 21.2. The SMILES string of the molecule is CCOC/C=C/c1ccc(C(F)(F)C(O)(Cn2cnnn2)c2ccc(F)cc2F)nc1. The summed E-state index contributed by atoms with van der Waals surface area (Å²) in [6.07, 6.45) is 5.50. The minimum atomic E-state index is -4.09. The fraction of sp³-hybridized carbons (Fsp3) is 0.300. The number of halogens is 4. The zero-order chi connectivity index (χ0) is 22.5. The van der Waals surface area contributed by atoms with Crippen molar-refractivity contribution in [1.29, 1.82) is 0 Å². The summed E-state index contributed by atoms with van der Waals surface area (Å²) < 4.78 is 64.9. The van der Waals surface area contributed by atoms with Crippen LogP contribution in [-0.4, -0.2) is 43.5 Å². The van der Waals surface area contributed by atoms with Gasteiger partial charge in [0.2, 0.25) is 0 Å². The molecule has 0 spiro atoms. The molecule has 0 radical (unpaired) electrons. The maximum absolute atomic E-state index is 15.6. The van der Waals surface area contributed by atoms with E-state index in [9.17, 15) is 13.9 Å². The fourth-order valence-electron chi connectivity index (χ4n) is 2.94. The molecule has 164 valence electrons. The van der Waals surface area contributed by atoms with Crippen LogP contribution in [0.3, 0.4) is 0 Å². The van der Waals surface area contributed by atoms with Gasteiger partial charge < -0.3 is 9.84 Å². The number of tetrazole rings is 1. The molecule has 0 saturated carbocycles. The lowest BCUT2D eigenvalue weighted by Gasteiger charge is -2.35. The molecule has 2 heterocycles. The number of ether oxygens (including phenoxy) is 1. The van der Waals surface area contributed by atoms with Crippen LogP contribution in [0.4, 0.5) is 17.6 Å². The minimum absolute atomic E-state index is 0.351. The normalized spacial score (nSPS) is 14.1. The van der Waals surface area contributed by atoms with Crippen molar-refractivity contribution in [1.82, 2.24) is 25.2 Å². The minimum Gasteiger partial charge on any atom is -0.378 e. The number of aliphatic hydroxyl groups is 1. The number of rotatable bonds is 9. The first kappa shape index (κ1) is 22.5. The van der Waals surface area contributed by atoms with E-state index in [0.717, 1.165) is 29.2 Å². The van der Waals surface area contributed by atoms with Crippen LogP contribution >= 0.6 is 0 Å². The van der Waals surface area contributed by atoms with Gasteiger partial charge in [-0.3, -0.25) is 4.98 Å². The van der Waals surface area contributed by atoms with Crippen molar-refractivity contribution in [3.05, 3.63) is 77.4 Å². The number of nitrogens with zero attached hydrogens (tertiary/aromatic N) is 5. The van der Waals surface area contributed by atoms with Gasteiger partial charge in [-0.25, -0.2) is 13.5 Å². The summed E-state index contributed by atoms with van der Waals surface area (Å²) in [7, 11) is 0. The molecule has 0 aliphatic carbocycles. The van der Waals surface area contributed by atoms with E-state index < -0.39 is 41.0 Å². The average Bonchev–Trinajstić information content (AvgIpc) is 3.24. The summed E-state index contributed by atoms with van der Waals surface area (Å²) in [5.41, 5.74) is -4.28. The molecule has 0 aliphatic heterocycles. The van der Waals surface area contributed by atoms with E-state index in [1.807, 2.05) is 6.92 Å². The van der Waals surface area contributed by atoms with E-state index in [2.05, 4.69) is 20.5 Å². The van der Waals surface area contributed by atoms with Gasteiger partial charge in [-0.15, -0.1) is 5.10 Å². The second kappa shape index (κ2) is 9.31. The first-order valence-electron chi connectivity index (χ1n) is 9.25. The first-order valence-corrected chi connectivity index (χ1v) is 9.25. The number of pyridine rings is 1. The Labute approximate surface area is 175 Å². The Balaban J connectivity index is 2.00. The van der Waals surface area contributed by atoms with Crippen LogP contribution in [0.15, 0.2) is 48.9 Å². The third-order valence-corrected chi connectivity index (χ3v) is 4.51. The molecular formula is C20H19F4N5O2. The van der Waals surface area contributed by atoms with Crippen LogP contribution in [0, 0.1) is 11.6 Å². The Morgan fingerprint density at radius 2 is 2.00 bits per heavy atom. The molecule has 1 aromatic carbocycles. The number of alkyl halides is 2. The van der Waals surface area contributed by atoms with Crippen molar-refractivity contribution in [2.45, 2.75) is 25.0 Å². The summed E-state index contributed by atoms with van der Waals surface area (Å²) in [6, 6.07) is 4.34. The van der Waals surface area contributed by atoms with E-state index in [1.54, 1.807) is 12.2 Å². The summed E-state index contributed by atoms with van der Waals surface area (Å²) in [5.74, 6) is -6.41. The molecule has 3 aromatic rings. The predicted molar refractivity (Wildman–Crippen MR) is 102 cm³/mol. The Morgan fingerprint density at radius 1 is 1.19 bits per heavy atom. The van der Waals surface area contributed by atoms with Crippen LogP contribution in [0.1, 0.15) is 23.7 Å². The molecule has 0 amide bonds. The number of hydrogen-bond acceptors (Lipinski definition) is 6. The maximum Gasteiger partial charge on any atom is 0.323 e. The largest absolute Gasteiger partial charge is 0.378 e. The maximum atomic E-state index is 15.6. The monoisotopic (exact) mass is 437 g/mol. The van der Waals surface area contributed by atoms with Gasteiger partial charge in [0, 0.05) is 24.4 Å². The Morgan fingerprint density at radius 3 is 2.61 bits per heavy atom. The predicted octanol–water partition coefficient (Wildman–Crippen LogP) is 3.08. The molecule has 1 N–H and O–H groups in total. The molecule has 0 bridgehead atoms. The lowest BCUT2D eigenvalue weighted by Crippen LogP contribution is -2.48. The highest BCUT2D eigenvalue weighted by atomic mass is 19.3. The molecule has 7 nitrogen and oxygen atoms in total. The zero-order valence-electron chi connectivity index (χ0n) is 16.4. The number of benzene rings is 1. The van der Waals surface area contributed by atoms with E-state index in [4.69, 9.17) is 4.74 Å². The van der Waals surface area contributed by atoms with E-state index in [0.29, 0.717) is 24.8 Å². The summed E-state index contributed by atoms with van der Waals surface area (Å²) in [4.78, 5) is 3.76. The molecule has 0 saturated heterocycles. The molecule has 0 fully saturated rings. The first-order chi connectivity index (χ1) is 14.8. The van der Waals surface area contributed by atoms with Gasteiger partial charge in [0.1, 0.15) is 23.7 Å². The van der Waals surface area contributed by atoms with Crippen molar-refractivity contribution in [3.8, 4) is 0 Å². The Kier molecular flexibility index (Phi) is 6.76. The van der Waals surface area contributed by atoms with Gasteiger partial charge in [0.15, 0.2) is 5.60 Å². The van der Waals surface area contributed by atoms with Crippen LogP contribution in [0.25, 0.3) is 6.08 Å². The zero-order valence-corrected chi connectivity index (χ0v) is 16.4. The number of hydrogen-bond donors (Lipinski definition) is 1. The van der Waals surface area contributed by atoms with Crippen molar-refractivity contribution in [3.63, 3.8) is 0 Å². The van der Waals surface area contributed by atoms with Crippen molar-refractivity contribution in [2.24, 2.45) is 0 Å². The highest BCUT2D eigenvalue weighted by Gasteiger charge is 2.57. The lowest BCUT2D eigenvalue weighted by molar-refractivity contribution is -0.207. The van der Waals surface area contributed by atoms with E-state index in [1.165, 1.54) is 12.3 Å². The molecule has 31 heavy (non-hydrogen) atoms. The van der Waals surface area contributed by atoms with Crippen molar-refractivity contribution < 1.29 is 27.4 Å². The highest BCUT2D eigenvalue weighted by molar-refractivity contribution is 5.48. The van der Waals surface area contributed by atoms with Crippen LogP contribution in [0.5, 0.6) is 0 Å². The molecule has 1 unspecified atom stereocenters. The molecule has 11 heteroatoms. The highest BCUT2D eigenvalue weighted by Crippen LogP contribution is 2.46. The van der Waals surface area contributed by atoms with Crippen molar-refractivity contribution >= 4 is 6.08 Å². The number of aromatic nitrogens is 5. The van der Waals surface area contributed by atoms with Gasteiger partial charge in [-0.2, -0.15) is 8.78 Å². The average molecular weight is 437 g/mol. The molecule has 2 aromatic heterocycles. The summed E-state index contributed by atoms with van der Waals surface area (Å²) >= 11 is 0. The van der Waals surface area contributed by atoms with Gasteiger partial charge in [-0.05, 0) is 41.1 Å². The lowest BCUT2D eigenvalue weighted by atomic mass is 9.84. The molecular weight excluding hydrogens is 418 g/mol. The molecule has 3 rings (SSSR count). The topological polar surface area (TPSA) is 86.0 Å².